The van der Waals surface area contributed by atoms with Gasteiger partial charge < -0.3 is 10.6 Å². The Labute approximate surface area is 109 Å². The van der Waals surface area contributed by atoms with Crippen LogP contribution in [0.4, 0.5) is 5.82 Å². The van der Waals surface area contributed by atoms with Gasteiger partial charge in [-0.3, -0.25) is 4.79 Å². The number of carbonyl (C=O) groups excluding carboxylic acids is 1. The molecule has 0 radical (unpaired) electrons. The molecule has 1 fully saturated rings. The number of amides is 1. The van der Waals surface area contributed by atoms with Crippen LogP contribution in [0.2, 0.25) is 0 Å². The fraction of sp³-hybridized carbons (Fsp3) is 0.545. The number of hydrogen-bond acceptors (Lipinski definition) is 4. The molecule has 0 saturated heterocycles. The van der Waals surface area contributed by atoms with E-state index in [9.17, 15) is 4.79 Å². The summed E-state index contributed by atoms with van der Waals surface area (Å²) in [5.41, 5.74) is 0. The third-order valence-corrected chi connectivity index (χ3v) is 2.84. The maximum atomic E-state index is 11.5. The molecule has 0 bridgehead atoms. The molecule has 0 spiro atoms. The van der Waals surface area contributed by atoms with Crippen molar-refractivity contribution in [3.8, 4) is 0 Å². The van der Waals surface area contributed by atoms with Gasteiger partial charge in [0.05, 0.1) is 6.54 Å². The van der Waals surface area contributed by atoms with E-state index in [0.29, 0.717) is 11.9 Å². The average Bonchev–Trinajstić information content (AvgIpc) is 3.09. The summed E-state index contributed by atoms with van der Waals surface area (Å²) in [6, 6.07) is 2.16. The highest BCUT2D eigenvalue weighted by Gasteiger charge is 2.22. The Kier molecular flexibility index (Phi) is 3.93. The maximum Gasteiger partial charge on any atom is 0.239 e. The zero-order valence-corrected chi connectivity index (χ0v) is 11.2. The predicted molar refractivity (Wildman–Crippen MR) is 68.8 cm³/mol. The number of carbonyl (C=O) groups is 1. The molecule has 1 amide bonds. The van der Waals surface area contributed by atoms with Crippen LogP contribution in [0.1, 0.15) is 25.6 Å². The van der Waals surface area contributed by atoms with Gasteiger partial charge in [-0.15, -0.1) is 0 Å². The number of nitrogens with zero attached hydrogens (tertiary/aromatic N) is 2. The molecular formula is C11H15BrN4O. The Morgan fingerprint density at radius 2 is 2.29 bits per heavy atom. The summed E-state index contributed by atoms with van der Waals surface area (Å²) < 4.78 is 0.731. The number of hydrogen-bond donors (Lipinski definition) is 2. The molecule has 92 valence electrons. The Morgan fingerprint density at radius 3 is 2.94 bits per heavy atom. The smallest absolute Gasteiger partial charge is 0.239 e. The second-order valence-corrected chi connectivity index (χ2v) is 4.85. The highest BCUT2D eigenvalue weighted by molar-refractivity contribution is 9.10. The van der Waals surface area contributed by atoms with Crippen LogP contribution >= 0.6 is 15.9 Å². The van der Waals surface area contributed by atoms with Gasteiger partial charge in [0.15, 0.2) is 0 Å². The van der Waals surface area contributed by atoms with Crippen molar-refractivity contribution in [1.82, 2.24) is 15.3 Å². The van der Waals surface area contributed by atoms with Gasteiger partial charge in [0.2, 0.25) is 5.91 Å². The summed E-state index contributed by atoms with van der Waals surface area (Å²) in [6.07, 6.45) is 2.97. The fourth-order valence-corrected chi connectivity index (χ4v) is 1.81. The standard InChI is InChI=1S/C11H15BrN4O/c1-2-9-15-8(12)5-10(16-9)13-6-11(17)14-7-3-4-7/h5,7H,2-4,6H2,1H3,(H,14,17)(H,13,15,16). The van der Waals surface area contributed by atoms with Gasteiger partial charge in [-0.05, 0) is 28.8 Å². The lowest BCUT2D eigenvalue weighted by molar-refractivity contribution is -0.119. The lowest BCUT2D eigenvalue weighted by Crippen LogP contribution is -2.31. The highest BCUT2D eigenvalue weighted by Crippen LogP contribution is 2.18. The van der Waals surface area contributed by atoms with Gasteiger partial charge in [0, 0.05) is 18.5 Å². The number of anilines is 1. The molecule has 17 heavy (non-hydrogen) atoms. The van der Waals surface area contributed by atoms with Gasteiger partial charge in [-0.2, -0.15) is 0 Å². The van der Waals surface area contributed by atoms with Crippen molar-refractivity contribution in [2.75, 3.05) is 11.9 Å². The zero-order chi connectivity index (χ0) is 12.3. The zero-order valence-electron chi connectivity index (χ0n) is 9.66. The minimum atomic E-state index is 0.0142. The number of aromatic nitrogens is 2. The van der Waals surface area contributed by atoms with E-state index in [-0.39, 0.29) is 12.5 Å². The molecule has 1 heterocycles. The third kappa shape index (κ3) is 3.96. The number of aryl methyl sites for hydroxylation is 1. The van der Waals surface area contributed by atoms with Gasteiger partial charge in [0.1, 0.15) is 16.2 Å². The van der Waals surface area contributed by atoms with E-state index in [1.807, 2.05) is 6.92 Å². The summed E-state index contributed by atoms with van der Waals surface area (Å²) in [6.45, 7) is 2.24. The molecular weight excluding hydrogens is 284 g/mol. The molecule has 0 aromatic carbocycles. The molecule has 0 unspecified atom stereocenters. The Balaban J connectivity index is 1.88. The van der Waals surface area contributed by atoms with Gasteiger partial charge in [-0.25, -0.2) is 9.97 Å². The molecule has 0 aliphatic heterocycles. The molecule has 1 aliphatic rings. The van der Waals surface area contributed by atoms with E-state index >= 15 is 0 Å². The monoisotopic (exact) mass is 298 g/mol. The van der Waals surface area contributed by atoms with E-state index in [1.165, 1.54) is 0 Å². The number of rotatable bonds is 5. The minimum absolute atomic E-state index is 0.0142. The van der Waals surface area contributed by atoms with Crippen LogP contribution in [-0.2, 0) is 11.2 Å². The normalized spacial score (nSPS) is 14.5. The van der Waals surface area contributed by atoms with Crippen molar-refractivity contribution in [3.05, 3.63) is 16.5 Å². The van der Waals surface area contributed by atoms with Crippen LogP contribution in [0.25, 0.3) is 0 Å². The van der Waals surface area contributed by atoms with Crippen LogP contribution in [0.5, 0.6) is 0 Å². The SMILES string of the molecule is CCc1nc(Br)cc(NCC(=O)NC2CC2)n1. The van der Waals surface area contributed by atoms with Gasteiger partial charge >= 0.3 is 0 Å². The van der Waals surface area contributed by atoms with E-state index in [2.05, 4.69) is 36.5 Å². The van der Waals surface area contributed by atoms with Crippen molar-refractivity contribution in [2.24, 2.45) is 0 Å². The predicted octanol–water partition coefficient (Wildman–Crippen LogP) is 1.49. The highest BCUT2D eigenvalue weighted by atomic mass is 79.9. The van der Waals surface area contributed by atoms with E-state index < -0.39 is 0 Å². The second kappa shape index (κ2) is 5.44. The quantitative estimate of drug-likeness (QED) is 0.809. The van der Waals surface area contributed by atoms with E-state index in [0.717, 1.165) is 29.7 Å². The van der Waals surface area contributed by atoms with Crippen LogP contribution in [-0.4, -0.2) is 28.5 Å². The van der Waals surface area contributed by atoms with Crippen molar-refractivity contribution >= 4 is 27.7 Å². The first-order valence-electron chi connectivity index (χ1n) is 5.74. The Hall–Kier alpha value is -1.17. The number of halogens is 1. The fourth-order valence-electron chi connectivity index (χ4n) is 1.39. The van der Waals surface area contributed by atoms with E-state index in [4.69, 9.17) is 0 Å². The van der Waals surface area contributed by atoms with Crippen LogP contribution in [0.3, 0.4) is 0 Å². The lowest BCUT2D eigenvalue weighted by Gasteiger charge is -2.07. The first-order chi connectivity index (χ1) is 8.17. The minimum Gasteiger partial charge on any atom is -0.361 e. The summed E-state index contributed by atoms with van der Waals surface area (Å²) in [7, 11) is 0. The van der Waals surface area contributed by atoms with Gasteiger partial charge in [-0.1, -0.05) is 6.92 Å². The van der Waals surface area contributed by atoms with Crippen LogP contribution in [0.15, 0.2) is 10.7 Å². The molecule has 6 heteroatoms. The second-order valence-electron chi connectivity index (χ2n) is 4.04. The van der Waals surface area contributed by atoms with Gasteiger partial charge in [0.25, 0.3) is 0 Å². The summed E-state index contributed by atoms with van der Waals surface area (Å²) in [5, 5.41) is 5.91. The first-order valence-corrected chi connectivity index (χ1v) is 6.53. The molecule has 2 rings (SSSR count). The molecule has 5 nitrogen and oxygen atoms in total. The first kappa shape index (κ1) is 12.3. The van der Waals surface area contributed by atoms with Crippen molar-refractivity contribution in [2.45, 2.75) is 32.2 Å². The summed E-state index contributed by atoms with van der Waals surface area (Å²) >= 11 is 3.32. The molecule has 1 aromatic rings. The maximum absolute atomic E-state index is 11.5. The topological polar surface area (TPSA) is 66.9 Å². The van der Waals surface area contributed by atoms with Crippen molar-refractivity contribution in [1.29, 1.82) is 0 Å². The molecule has 1 aliphatic carbocycles. The lowest BCUT2D eigenvalue weighted by atomic mass is 10.4. The number of nitrogens with one attached hydrogen (secondary N) is 2. The Morgan fingerprint density at radius 1 is 1.53 bits per heavy atom. The Bertz CT molecular complexity index is 420. The summed E-state index contributed by atoms with van der Waals surface area (Å²) in [4.78, 5) is 20.0. The molecule has 2 N–H and O–H groups in total. The largest absolute Gasteiger partial charge is 0.361 e. The van der Waals surface area contributed by atoms with Crippen LogP contribution < -0.4 is 10.6 Å². The molecule has 1 aromatic heterocycles. The molecule has 1 saturated carbocycles. The summed E-state index contributed by atoms with van der Waals surface area (Å²) in [5.74, 6) is 1.44. The van der Waals surface area contributed by atoms with Crippen molar-refractivity contribution in [3.63, 3.8) is 0 Å². The van der Waals surface area contributed by atoms with Crippen LogP contribution in [0, 0.1) is 0 Å². The third-order valence-electron chi connectivity index (χ3n) is 2.43. The molecule has 0 atom stereocenters. The van der Waals surface area contributed by atoms with E-state index in [1.54, 1.807) is 6.07 Å². The average molecular weight is 299 g/mol. The van der Waals surface area contributed by atoms with Crippen molar-refractivity contribution < 1.29 is 4.79 Å².